The number of alkyl halides is 3. The zero-order chi connectivity index (χ0) is 20.3. The first-order valence-corrected chi connectivity index (χ1v) is 9.59. The monoisotopic (exact) mass is 408 g/mol. The van der Waals surface area contributed by atoms with Crippen LogP contribution < -0.4 is 4.90 Å². The number of ether oxygens (including phenoxy) is 1. The molecule has 1 aromatic carbocycles. The van der Waals surface area contributed by atoms with E-state index in [0.29, 0.717) is 29.4 Å². The third kappa shape index (κ3) is 4.44. The molecule has 0 bridgehead atoms. The van der Waals surface area contributed by atoms with E-state index < -0.39 is 11.7 Å². The van der Waals surface area contributed by atoms with Gasteiger partial charge in [0.15, 0.2) is 0 Å². The van der Waals surface area contributed by atoms with E-state index in [1.807, 2.05) is 35.6 Å². The molecule has 1 unspecified atom stereocenters. The molecule has 0 fully saturated rings. The van der Waals surface area contributed by atoms with Crippen LogP contribution in [0.5, 0.6) is 0 Å². The Labute approximate surface area is 165 Å². The number of thiazole rings is 1. The van der Waals surface area contributed by atoms with Gasteiger partial charge in [-0.05, 0) is 31.6 Å². The van der Waals surface area contributed by atoms with Gasteiger partial charge in [0.05, 0.1) is 18.1 Å². The predicted octanol–water partition coefficient (Wildman–Crippen LogP) is 5.29. The van der Waals surface area contributed by atoms with Gasteiger partial charge in [0, 0.05) is 23.7 Å². The maximum atomic E-state index is 12.7. The van der Waals surface area contributed by atoms with Gasteiger partial charge in [0.25, 0.3) is 0 Å². The molecule has 0 spiro atoms. The zero-order valence-corrected chi connectivity index (χ0v) is 16.2. The average molecular weight is 408 g/mol. The summed E-state index contributed by atoms with van der Waals surface area (Å²) in [5.41, 5.74) is 0.844. The standard InChI is InChI=1S/C20H19F3N2O2S/c1-3-27-19(26)14-6-10-16(11-7-14)25(2)17-12-28-18(24-17)13-4-8-15(9-5-13)20(21,22)23/h4-6,8-12,14H,3,7H2,1-2H3. The molecule has 4 nitrogen and oxygen atoms in total. The van der Waals surface area contributed by atoms with Crippen LogP contribution in [-0.2, 0) is 15.7 Å². The first kappa shape index (κ1) is 20.1. The number of benzene rings is 1. The molecule has 28 heavy (non-hydrogen) atoms. The fourth-order valence-electron chi connectivity index (χ4n) is 2.77. The molecular weight excluding hydrogens is 389 g/mol. The lowest BCUT2D eigenvalue weighted by Gasteiger charge is -2.22. The van der Waals surface area contributed by atoms with E-state index in [-0.39, 0.29) is 11.9 Å². The predicted molar refractivity (Wildman–Crippen MR) is 103 cm³/mol. The van der Waals surface area contributed by atoms with Crippen LogP contribution >= 0.6 is 11.3 Å². The van der Waals surface area contributed by atoms with Gasteiger partial charge < -0.3 is 9.64 Å². The lowest BCUT2D eigenvalue weighted by atomic mass is 9.99. The number of rotatable bonds is 5. The van der Waals surface area contributed by atoms with Crippen molar-refractivity contribution < 1.29 is 22.7 Å². The van der Waals surface area contributed by atoms with Crippen molar-refractivity contribution in [2.45, 2.75) is 19.5 Å². The normalized spacial score (nSPS) is 16.6. The fraction of sp³-hybridized carbons (Fsp3) is 0.300. The van der Waals surface area contributed by atoms with Gasteiger partial charge in [-0.2, -0.15) is 13.2 Å². The highest BCUT2D eigenvalue weighted by molar-refractivity contribution is 7.13. The molecule has 0 radical (unpaired) electrons. The van der Waals surface area contributed by atoms with E-state index in [2.05, 4.69) is 4.98 Å². The van der Waals surface area contributed by atoms with Crippen molar-refractivity contribution in [1.82, 2.24) is 4.98 Å². The van der Waals surface area contributed by atoms with Crippen LogP contribution in [0, 0.1) is 5.92 Å². The fourth-order valence-corrected chi connectivity index (χ4v) is 3.61. The van der Waals surface area contributed by atoms with Gasteiger partial charge in [-0.3, -0.25) is 4.79 Å². The Kier molecular flexibility index (Phi) is 5.88. The molecule has 148 valence electrons. The summed E-state index contributed by atoms with van der Waals surface area (Å²) in [4.78, 5) is 18.2. The van der Waals surface area contributed by atoms with Gasteiger partial charge in [-0.15, -0.1) is 11.3 Å². The van der Waals surface area contributed by atoms with Gasteiger partial charge >= 0.3 is 12.1 Å². The summed E-state index contributed by atoms with van der Waals surface area (Å²) in [5, 5.41) is 2.49. The Balaban J connectivity index is 1.70. The summed E-state index contributed by atoms with van der Waals surface area (Å²) in [7, 11) is 1.85. The average Bonchev–Trinajstić information content (AvgIpc) is 3.17. The molecule has 2 aromatic rings. The van der Waals surface area contributed by atoms with Crippen LogP contribution in [0.3, 0.4) is 0 Å². The van der Waals surface area contributed by atoms with Crippen LogP contribution in [0.4, 0.5) is 19.0 Å². The quantitative estimate of drug-likeness (QED) is 0.631. The molecular formula is C20H19F3N2O2S. The SMILES string of the molecule is CCOC(=O)C1C=CC(N(C)c2csc(-c3ccc(C(F)(F)F)cc3)n2)=CC1. The summed E-state index contributed by atoms with van der Waals surface area (Å²) in [6, 6.07) is 4.97. The number of hydrogen-bond acceptors (Lipinski definition) is 5. The Morgan fingerprint density at radius 2 is 2.04 bits per heavy atom. The van der Waals surface area contributed by atoms with E-state index in [9.17, 15) is 18.0 Å². The van der Waals surface area contributed by atoms with Crippen molar-refractivity contribution in [2.24, 2.45) is 5.92 Å². The van der Waals surface area contributed by atoms with E-state index in [0.717, 1.165) is 17.8 Å². The second kappa shape index (κ2) is 8.18. The third-order valence-corrected chi connectivity index (χ3v) is 5.23. The molecule has 1 heterocycles. The number of halogens is 3. The number of anilines is 1. The maximum absolute atomic E-state index is 12.7. The summed E-state index contributed by atoms with van der Waals surface area (Å²) in [5.74, 6) is 0.163. The highest BCUT2D eigenvalue weighted by Gasteiger charge is 2.30. The van der Waals surface area contributed by atoms with Gasteiger partial charge in [0.1, 0.15) is 10.8 Å². The van der Waals surface area contributed by atoms with Crippen molar-refractivity contribution in [3.05, 3.63) is 59.1 Å². The Bertz CT molecular complexity index is 901. The second-order valence-corrected chi connectivity index (χ2v) is 7.09. The number of carbonyl (C=O) groups excluding carboxylic acids is 1. The molecule has 0 aliphatic heterocycles. The largest absolute Gasteiger partial charge is 0.466 e. The smallest absolute Gasteiger partial charge is 0.416 e. The number of likely N-dealkylation sites (N-methyl/N-ethyl adjacent to an activating group) is 1. The van der Waals surface area contributed by atoms with Gasteiger partial charge in [-0.1, -0.05) is 24.3 Å². The summed E-state index contributed by atoms with van der Waals surface area (Å²) in [6.07, 6.45) is 1.80. The molecule has 1 aromatic heterocycles. The molecule has 1 aliphatic carbocycles. The van der Waals surface area contributed by atoms with E-state index in [1.165, 1.54) is 23.5 Å². The summed E-state index contributed by atoms with van der Waals surface area (Å²) >= 11 is 1.36. The lowest BCUT2D eigenvalue weighted by Crippen LogP contribution is -2.21. The van der Waals surface area contributed by atoms with E-state index in [1.54, 1.807) is 6.92 Å². The zero-order valence-electron chi connectivity index (χ0n) is 15.4. The molecule has 8 heteroatoms. The molecule has 0 N–H and O–H groups in total. The Morgan fingerprint density at radius 3 is 2.61 bits per heavy atom. The van der Waals surface area contributed by atoms with Crippen LogP contribution in [0.25, 0.3) is 10.6 Å². The number of allylic oxidation sites excluding steroid dienone is 2. The van der Waals surface area contributed by atoms with E-state index >= 15 is 0 Å². The number of hydrogen-bond donors (Lipinski definition) is 0. The Morgan fingerprint density at radius 1 is 1.32 bits per heavy atom. The van der Waals surface area contributed by atoms with Crippen molar-refractivity contribution in [3.8, 4) is 10.6 Å². The molecule has 1 atom stereocenters. The van der Waals surface area contributed by atoms with Crippen molar-refractivity contribution in [2.75, 3.05) is 18.6 Å². The van der Waals surface area contributed by atoms with Gasteiger partial charge in [0.2, 0.25) is 0 Å². The Hall–Kier alpha value is -2.61. The lowest BCUT2D eigenvalue weighted by molar-refractivity contribution is -0.146. The molecule has 3 rings (SSSR count). The van der Waals surface area contributed by atoms with Gasteiger partial charge in [-0.25, -0.2) is 4.98 Å². The number of carbonyl (C=O) groups is 1. The minimum Gasteiger partial charge on any atom is -0.466 e. The van der Waals surface area contributed by atoms with E-state index in [4.69, 9.17) is 4.74 Å². The molecule has 1 aliphatic rings. The van der Waals surface area contributed by atoms with Crippen molar-refractivity contribution >= 4 is 23.1 Å². The van der Waals surface area contributed by atoms with Crippen molar-refractivity contribution in [3.63, 3.8) is 0 Å². The number of esters is 1. The number of nitrogens with zero attached hydrogens (tertiary/aromatic N) is 2. The first-order valence-electron chi connectivity index (χ1n) is 8.71. The van der Waals surface area contributed by atoms with Crippen LogP contribution in [0.2, 0.25) is 0 Å². The number of aromatic nitrogens is 1. The molecule has 0 amide bonds. The first-order chi connectivity index (χ1) is 13.3. The minimum absolute atomic E-state index is 0.241. The minimum atomic E-state index is -4.35. The van der Waals surface area contributed by atoms with Crippen molar-refractivity contribution in [1.29, 1.82) is 0 Å². The highest BCUT2D eigenvalue weighted by atomic mass is 32.1. The second-order valence-electron chi connectivity index (χ2n) is 6.23. The van der Waals surface area contributed by atoms with Crippen LogP contribution in [0.1, 0.15) is 18.9 Å². The van der Waals surface area contributed by atoms with Crippen LogP contribution in [-0.4, -0.2) is 24.6 Å². The maximum Gasteiger partial charge on any atom is 0.416 e. The topological polar surface area (TPSA) is 42.4 Å². The van der Waals surface area contributed by atoms with Crippen LogP contribution in [0.15, 0.2) is 53.6 Å². The third-order valence-electron chi connectivity index (χ3n) is 4.35. The summed E-state index contributed by atoms with van der Waals surface area (Å²) < 4.78 is 43.1. The summed E-state index contributed by atoms with van der Waals surface area (Å²) in [6.45, 7) is 2.13. The highest BCUT2D eigenvalue weighted by Crippen LogP contribution is 2.33. The molecule has 0 saturated heterocycles. The molecule has 0 saturated carbocycles.